The second-order valence-electron chi connectivity index (χ2n) is 6.68. The molecule has 0 saturated carbocycles. The number of hydrogen-bond donors (Lipinski definition) is 1. The molecule has 0 aliphatic carbocycles. The van der Waals surface area contributed by atoms with Gasteiger partial charge in [-0.2, -0.15) is 13.2 Å². The van der Waals surface area contributed by atoms with Gasteiger partial charge >= 0.3 is 12.1 Å². The zero-order valence-electron chi connectivity index (χ0n) is 13.2. The Hall–Kier alpha value is -1.53. The maximum atomic E-state index is 12.1. The Morgan fingerprint density at radius 1 is 1.18 bits per heavy atom. The molecule has 0 spiro atoms. The van der Waals surface area contributed by atoms with Crippen molar-refractivity contribution in [2.75, 3.05) is 19.6 Å². The summed E-state index contributed by atoms with van der Waals surface area (Å²) >= 11 is 0. The van der Waals surface area contributed by atoms with Crippen molar-refractivity contribution in [1.82, 2.24) is 10.2 Å². The molecule has 126 valence electrons. The molecule has 4 nitrogen and oxygen atoms in total. The molecule has 0 unspecified atom stereocenters. The Labute approximate surface area is 128 Å². The Morgan fingerprint density at radius 3 is 2.18 bits per heavy atom. The van der Waals surface area contributed by atoms with Crippen LogP contribution in [-0.4, -0.2) is 42.5 Å². The fraction of sp³-hybridized carbons (Fsp3) is 0.733. The monoisotopic (exact) mass is 320 g/mol. The van der Waals surface area contributed by atoms with E-state index < -0.39 is 12.1 Å². The van der Waals surface area contributed by atoms with Crippen LogP contribution in [-0.2, 0) is 9.59 Å². The van der Waals surface area contributed by atoms with Gasteiger partial charge in [0.1, 0.15) is 0 Å². The van der Waals surface area contributed by atoms with Crippen molar-refractivity contribution in [3.05, 3.63) is 12.2 Å². The molecule has 1 aliphatic rings. The van der Waals surface area contributed by atoms with Gasteiger partial charge in [-0.05, 0) is 30.3 Å². The van der Waals surface area contributed by atoms with Gasteiger partial charge in [0.05, 0.1) is 0 Å². The average Bonchev–Trinajstić information content (AvgIpc) is 2.40. The van der Waals surface area contributed by atoms with E-state index in [1.54, 1.807) is 11.0 Å². The Bertz CT molecular complexity index is 431. The molecule has 1 heterocycles. The molecule has 1 aliphatic heterocycles. The minimum atomic E-state index is -4.84. The van der Waals surface area contributed by atoms with E-state index in [-0.39, 0.29) is 23.8 Å². The summed E-state index contributed by atoms with van der Waals surface area (Å²) in [6.45, 7) is 6.98. The van der Waals surface area contributed by atoms with Crippen LogP contribution in [0, 0.1) is 11.3 Å². The highest BCUT2D eigenvalue weighted by atomic mass is 19.4. The van der Waals surface area contributed by atoms with E-state index in [1.165, 1.54) is 0 Å². The van der Waals surface area contributed by atoms with E-state index in [2.05, 4.69) is 0 Å². The lowest BCUT2D eigenvalue weighted by Crippen LogP contribution is -2.43. The first-order valence-corrected chi connectivity index (χ1v) is 7.32. The topological polar surface area (TPSA) is 49.4 Å². The number of carbonyl (C=O) groups is 2. The van der Waals surface area contributed by atoms with Crippen LogP contribution in [0.2, 0.25) is 0 Å². The summed E-state index contributed by atoms with van der Waals surface area (Å²) in [6, 6.07) is 0. The van der Waals surface area contributed by atoms with Crippen LogP contribution in [0.15, 0.2) is 12.2 Å². The minimum absolute atomic E-state index is 0.00178. The number of hydrogen-bond acceptors (Lipinski definition) is 2. The van der Waals surface area contributed by atoms with Crippen molar-refractivity contribution in [3.63, 3.8) is 0 Å². The molecule has 0 aromatic carbocycles. The van der Waals surface area contributed by atoms with Crippen LogP contribution < -0.4 is 5.32 Å². The number of amides is 2. The number of halogens is 3. The molecular weight excluding hydrogens is 297 g/mol. The zero-order chi connectivity index (χ0) is 17.0. The number of nitrogens with one attached hydrogen (secondary N) is 1. The first-order valence-electron chi connectivity index (χ1n) is 7.32. The third-order valence-electron chi connectivity index (χ3n) is 3.46. The highest BCUT2D eigenvalue weighted by Crippen LogP contribution is 2.19. The number of allylic oxidation sites excluding steroid dienone is 1. The summed E-state index contributed by atoms with van der Waals surface area (Å²) in [6.07, 6.45) is -0.272. The summed E-state index contributed by atoms with van der Waals surface area (Å²) in [5, 5.41) is 1.90. The number of alkyl halides is 3. The first-order chi connectivity index (χ1) is 9.99. The molecule has 1 rings (SSSR count). The van der Waals surface area contributed by atoms with Crippen LogP contribution in [0.1, 0.15) is 33.6 Å². The molecule has 1 N–H and O–H groups in total. The SMILES string of the molecule is CC(C)(C)/C=C/C(=O)N1CCC(CNC(=O)C(F)(F)F)CC1. The summed E-state index contributed by atoms with van der Waals surface area (Å²) in [5.41, 5.74) is -0.0736. The average molecular weight is 320 g/mol. The Balaban J connectivity index is 2.36. The predicted molar refractivity (Wildman–Crippen MR) is 77.0 cm³/mol. The van der Waals surface area contributed by atoms with Crippen LogP contribution in [0.25, 0.3) is 0 Å². The van der Waals surface area contributed by atoms with Crippen molar-refractivity contribution in [3.8, 4) is 0 Å². The van der Waals surface area contributed by atoms with Gasteiger partial charge in [-0.25, -0.2) is 0 Å². The largest absolute Gasteiger partial charge is 0.471 e. The van der Waals surface area contributed by atoms with Gasteiger partial charge in [0.25, 0.3) is 0 Å². The van der Waals surface area contributed by atoms with Gasteiger partial charge in [0, 0.05) is 19.6 Å². The van der Waals surface area contributed by atoms with Crippen LogP contribution >= 0.6 is 0 Å². The fourth-order valence-corrected chi connectivity index (χ4v) is 2.12. The molecule has 0 bridgehead atoms. The molecule has 7 heteroatoms. The number of nitrogens with zero attached hydrogens (tertiary/aromatic N) is 1. The quantitative estimate of drug-likeness (QED) is 0.812. The molecule has 0 atom stereocenters. The molecule has 22 heavy (non-hydrogen) atoms. The van der Waals surface area contributed by atoms with Crippen molar-refractivity contribution in [2.45, 2.75) is 39.8 Å². The van der Waals surface area contributed by atoms with E-state index in [1.807, 2.05) is 32.2 Å². The molecule has 0 radical (unpaired) electrons. The zero-order valence-corrected chi connectivity index (χ0v) is 13.2. The summed E-state index contributed by atoms with van der Waals surface area (Å²) in [4.78, 5) is 24.4. The number of carbonyl (C=O) groups excluding carboxylic acids is 2. The van der Waals surface area contributed by atoms with Crippen molar-refractivity contribution >= 4 is 11.8 Å². The van der Waals surface area contributed by atoms with Crippen LogP contribution in [0.5, 0.6) is 0 Å². The lowest BCUT2D eigenvalue weighted by molar-refractivity contribution is -0.173. The summed E-state index contributed by atoms with van der Waals surface area (Å²) < 4.78 is 36.2. The molecule has 1 saturated heterocycles. The highest BCUT2D eigenvalue weighted by Gasteiger charge is 2.38. The normalized spacial score (nSPS) is 17.8. The van der Waals surface area contributed by atoms with Crippen LogP contribution in [0.4, 0.5) is 13.2 Å². The van der Waals surface area contributed by atoms with Crippen molar-refractivity contribution in [1.29, 1.82) is 0 Å². The second-order valence-corrected chi connectivity index (χ2v) is 6.68. The van der Waals surface area contributed by atoms with Crippen molar-refractivity contribution in [2.24, 2.45) is 11.3 Å². The first kappa shape index (κ1) is 18.5. The van der Waals surface area contributed by atoms with E-state index in [4.69, 9.17) is 0 Å². The molecule has 2 amide bonds. The summed E-state index contributed by atoms with van der Waals surface area (Å²) in [7, 11) is 0. The predicted octanol–water partition coefficient (Wildman–Crippen LogP) is 2.51. The molecule has 0 aromatic rings. The van der Waals surface area contributed by atoms with E-state index in [0.29, 0.717) is 25.9 Å². The Morgan fingerprint density at radius 2 is 1.73 bits per heavy atom. The van der Waals surface area contributed by atoms with Crippen LogP contribution in [0.3, 0.4) is 0 Å². The molecular formula is C15H23F3N2O2. The van der Waals surface area contributed by atoms with E-state index >= 15 is 0 Å². The standard InChI is InChI=1S/C15H23F3N2O2/c1-14(2,3)7-4-12(21)20-8-5-11(6-9-20)10-19-13(22)15(16,17)18/h4,7,11H,5-6,8-10H2,1-3H3,(H,19,22)/b7-4+. The number of piperidine rings is 1. The van der Waals surface area contributed by atoms with Crippen molar-refractivity contribution < 1.29 is 22.8 Å². The molecule has 0 aromatic heterocycles. The van der Waals surface area contributed by atoms with Gasteiger partial charge in [-0.1, -0.05) is 26.8 Å². The lowest BCUT2D eigenvalue weighted by atomic mass is 9.95. The minimum Gasteiger partial charge on any atom is -0.348 e. The van der Waals surface area contributed by atoms with Gasteiger partial charge in [-0.3, -0.25) is 9.59 Å². The third kappa shape index (κ3) is 6.49. The summed E-state index contributed by atoms with van der Waals surface area (Å²) in [5.74, 6) is -2.01. The highest BCUT2D eigenvalue weighted by molar-refractivity contribution is 5.87. The van der Waals surface area contributed by atoms with E-state index in [0.717, 1.165) is 0 Å². The smallest absolute Gasteiger partial charge is 0.348 e. The maximum absolute atomic E-state index is 12.1. The molecule has 1 fully saturated rings. The van der Waals surface area contributed by atoms with E-state index in [9.17, 15) is 22.8 Å². The van der Waals surface area contributed by atoms with Gasteiger partial charge in [0.2, 0.25) is 5.91 Å². The second kappa shape index (κ2) is 7.15. The Kier molecular flexibility index (Phi) is 6.02. The third-order valence-corrected chi connectivity index (χ3v) is 3.46. The maximum Gasteiger partial charge on any atom is 0.471 e. The number of likely N-dealkylation sites (tertiary alicyclic amines) is 1. The lowest BCUT2D eigenvalue weighted by Gasteiger charge is -2.31. The number of rotatable bonds is 3. The van der Waals surface area contributed by atoms with Gasteiger partial charge < -0.3 is 10.2 Å². The van der Waals surface area contributed by atoms with Gasteiger partial charge in [-0.15, -0.1) is 0 Å². The fourth-order valence-electron chi connectivity index (χ4n) is 2.12. The van der Waals surface area contributed by atoms with Gasteiger partial charge in [0.15, 0.2) is 0 Å².